The van der Waals surface area contributed by atoms with Crippen LogP contribution in [-0.4, -0.2) is 40.4 Å². The normalized spacial score (nSPS) is 21.3. The van der Waals surface area contributed by atoms with E-state index in [1.54, 1.807) is 37.3 Å². The molecule has 0 saturated carbocycles. The van der Waals surface area contributed by atoms with Crippen LogP contribution in [0, 0.1) is 0 Å². The van der Waals surface area contributed by atoms with Gasteiger partial charge in [0.2, 0.25) is 5.91 Å². The third-order valence-corrected chi connectivity index (χ3v) is 4.03. The first-order valence-electron chi connectivity index (χ1n) is 7.38. The average molecular weight is 318 g/mol. The maximum Gasteiger partial charge on any atom is 0.330 e. The van der Waals surface area contributed by atoms with Crippen molar-refractivity contribution in [2.75, 3.05) is 6.54 Å². The van der Waals surface area contributed by atoms with Gasteiger partial charge in [0.05, 0.1) is 0 Å². The molecule has 1 aromatic rings. The van der Waals surface area contributed by atoms with Crippen molar-refractivity contribution in [3.63, 3.8) is 0 Å². The second-order valence-corrected chi connectivity index (χ2v) is 5.34. The predicted octanol–water partition coefficient (Wildman–Crippen LogP) is 1.28. The smallest absolute Gasteiger partial charge is 0.330 e. The molecule has 0 bridgehead atoms. The van der Waals surface area contributed by atoms with Gasteiger partial charge in [0, 0.05) is 13.0 Å². The van der Waals surface area contributed by atoms with Crippen LogP contribution in [0.2, 0.25) is 0 Å². The zero-order chi connectivity index (χ0) is 17.0. The monoisotopic (exact) mass is 318 g/mol. The fourth-order valence-electron chi connectivity index (χ4n) is 2.78. The number of rotatable bonds is 6. The van der Waals surface area contributed by atoms with E-state index >= 15 is 0 Å². The molecule has 2 rings (SSSR count). The number of urea groups is 1. The maximum absolute atomic E-state index is 12.9. The summed E-state index contributed by atoms with van der Waals surface area (Å²) in [6.07, 6.45) is 0.178. The van der Waals surface area contributed by atoms with E-state index in [4.69, 9.17) is 5.11 Å². The highest BCUT2D eigenvalue weighted by Gasteiger charge is 2.53. The molecular weight excluding hydrogens is 300 g/mol. The van der Waals surface area contributed by atoms with Gasteiger partial charge < -0.3 is 5.11 Å². The van der Waals surface area contributed by atoms with E-state index in [0.29, 0.717) is 5.56 Å². The molecule has 1 aliphatic heterocycles. The summed E-state index contributed by atoms with van der Waals surface area (Å²) in [5.41, 5.74) is -0.945. The van der Waals surface area contributed by atoms with Crippen LogP contribution >= 0.6 is 0 Å². The standard InChI is InChI=1S/C16H18N2O5/c1-2-16(11-7-4-3-5-8-11)13(21)17-15(23)18(14(16)22)10-6-9-12(19)20/h3-5,7-8H,2,6,9-10H2,1H3,(H,19,20)(H,17,21,23). The van der Waals surface area contributed by atoms with E-state index in [-0.39, 0.29) is 25.8 Å². The molecule has 0 aromatic heterocycles. The Labute approximate surface area is 133 Å². The molecule has 1 atom stereocenters. The summed E-state index contributed by atoms with van der Waals surface area (Å²) in [4.78, 5) is 48.8. The van der Waals surface area contributed by atoms with Gasteiger partial charge >= 0.3 is 12.0 Å². The lowest BCUT2D eigenvalue weighted by molar-refractivity contribution is -0.146. The summed E-state index contributed by atoms with van der Waals surface area (Å²) in [5.74, 6) is -2.25. The van der Waals surface area contributed by atoms with Gasteiger partial charge in [-0.1, -0.05) is 37.3 Å². The second-order valence-electron chi connectivity index (χ2n) is 5.34. The van der Waals surface area contributed by atoms with Gasteiger partial charge in [0.15, 0.2) is 5.41 Å². The highest BCUT2D eigenvalue weighted by molar-refractivity contribution is 6.22. The van der Waals surface area contributed by atoms with E-state index in [2.05, 4.69) is 5.32 Å². The highest BCUT2D eigenvalue weighted by atomic mass is 16.4. The molecule has 7 heteroatoms. The lowest BCUT2D eigenvalue weighted by Gasteiger charge is -2.39. The summed E-state index contributed by atoms with van der Waals surface area (Å²) in [7, 11) is 0. The Morgan fingerprint density at radius 1 is 1.22 bits per heavy atom. The van der Waals surface area contributed by atoms with Gasteiger partial charge in [-0.3, -0.25) is 24.6 Å². The van der Waals surface area contributed by atoms with Gasteiger partial charge in [-0.05, 0) is 18.4 Å². The Morgan fingerprint density at radius 3 is 2.43 bits per heavy atom. The minimum Gasteiger partial charge on any atom is -0.481 e. The number of hydrogen-bond acceptors (Lipinski definition) is 4. The lowest BCUT2D eigenvalue weighted by atomic mass is 9.74. The first-order valence-corrected chi connectivity index (χ1v) is 7.38. The maximum atomic E-state index is 12.9. The van der Waals surface area contributed by atoms with E-state index in [1.165, 1.54) is 0 Å². The van der Waals surface area contributed by atoms with Crippen LogP contribution in [-0.2, 0) is 19.8 Å². The summed E-state index contributed by atoms with van der Waals surface area (Å²) in [5, 5.41) is 10.9. The number of barbiturate groups is 1. The van der Waals surface area contributed by atoms with Gasteiger partial charge in [-0.15, -0.1) is 0 Å². The third kappa shape index (κ3) is 2.94. The minimum atomic E-state index is -1.46. The molecule has 0 aliphatic carbocycles. The molecule has 1 aromatic carbocycles. The SMILES string of the molecule is CCC1(c2ccccc2)C(=O)NC(=O)N(CCCC(=O)O)C1=O. The van der Waals surface area contributed by atoms with Gasteiger partial charge in [-0.25, -0.2) is 4.79 Å². The topological polar surface area (TPSA) is 104 Å². The molecule has 7 nitrogen and oxygen atoms in total. The lowest BCUT2D eigenvalue weighted by Crippen LogP contribution is -2.65. The van der Waals surface area contributed by atoms with Crippen molar-refractivity contribution in [3.8, 4) is 0 Å². The number of benzene rings is 1. The fourth-order valence-corrected chi connectivity index (χ4v) is 2.78. The van der Waals surface area contributed by atoms with Crippen LogP contribution in [0.3, 0.4) is 0 Å². The number of carboxylic acid groups (broad SMARTS) is 1. The molecule has 23 heavy (non-hydrogen) atoms. The number of nitrogens with zero attached hydrogens (tertiary/aromatic N) is 1. The van der Waals surface area contributed by atoms with E-state index in [0.717, 1.165) is 4.90 Å². The Kier molecular flexibility index (Phi) is 4.78. The summed E-state index contributed by atoms with van der Waals surface area (Å²) in [6, 6.07) is 7.76. The first-order chi connectivity index (χ1) is 10.9. The van der Waals surface area contributed by atoms with Crippen molar-refractivity contribution in [1.82, 2.24) is 10.2 Å². The number of carbonyl (C=O) groups excluding carboxylic acids is 3. The summed E-state index contributed by atoms with van der Waals surface area (Å²) in [6.45, 7) is 1.66. The van der Waals surface area contributed by atoms with Crippen molar-refractivity contribution < 1.29 is 24.3 Å². The van der Waals surface area contributed by atoms with E-state index in [1.807, 2.05) is 0 Å². The summed E-state index contributed by atoms with van der Waals surface area (Å²) < 4.78 is 0. The Hall–Kier alpha value is -2.70. The Bertz CT molecular complexity index is 643. The van der Waals surface area contributed by atoms with Crippen molar-refractivity contribution in [2.24, 2.45) is 0 Å². The zero-order valence-electron chi connectivity index (χ0n) is 12.7. The molecule has 1 saturated heterocycles. The van der Waals surface area contributed by atoms with Crippen LogP contribution in [0.25, 0.3) is 0 Å². The Balaban J connectivity index is 2.34. The van der Waals surface area contributed by atoms with Crippen LogP contribution in [0.15, 0.2) is 30.3 Å². The van der Waals surface area contributed by atoms with Crippen LogP contribution in [0.5, 0.6) is 0 Å². The molecule has 0 radical (unpaired) electrons. The molecule has 2 N–H and O–H groups in total. The quantitative estimate of drug-likeness (QED) is 0.769. The van der Waals surface area contributed by atoms with Crippen LogP contribution in [0.4, 0.5) is 4.79 Å². The first kappa shape index (κ1) is 16.7. The van der Waals surface area contributed by atoms with Gasteiger partial charge in [0.25, 0.3) is 5.91 Å². The van der Waals surface area contributed by atoms with Crippen molar-refractivity contribution in [3.05, 3.63) is 35.9 Å². The number of nitrogens with one attached hydrogen (secondary N) is 1. The largest absolute Gasteiger partial charge is 0.481 e. The molecule has 4 amide bonds. The van der Waals surface area contributed by atoms with Crippen molar-refractivity contribution in [2.45, 2.75) is 31.6 Å². The number of carbonyl (C=O) groups is 4. The molecule has 1 fully saturated rings. The van der Waals surface area contributed by atoms with E-state index in [9.17, 15) is 19.2 Å². The van der Waals surface area contributed by atoms with Crippen molar-refractivity contribution in [1.29, 1.82) is 0 Å². The Morgan fingerprint density at radius 2 is 1.87 bits per heavy atom. The zero-order valence-corrected chi connectivity index (χ0v) is 12.7. The second kappa shape index (κ2) is 6.60. The van der Waals surface area contributed by atoms with E-state index < -0.39 is 29.2 Å². The minimum absolute atomic E-state index is 0.0428. The molecule has 1 heterocycles. The fraction of sp³-hybridized carbons (Fsp3) is 0.375. The van der Waals surface area contributed by atoms with Gasteiger partial charge in [-0.2, -0.15) is 0 Å². The highest BCUT2D eigenvalue weighted by Crippen LogP contribution is 2.33. The molecule has 1 aliphatic rings. The number of hydrogen-bond donors (Lipinski definition) is 2. The number of imide groups is 2. The number of amides is 4. The molecular formula is C16H18N2O5. The third-order valence-electron chi connectivity index (χ3n) is 4.03. The number of carboxylic acids is 1. The van der Waals surface area contributed by atoms with Crippen molar-refractivity contribution >= 4 is 23.8 Å². The predicted molar refractivity (Wildman–Crippen MR) is 80.5 cm³/mol. The van der Waals surface area contributed by atoms with Crippen LogP contribution < -0.4 is 5.32 Å². The number of aliphatic carboxylic acids is 1. The molecule has 122 valence electrons. The molecule has 0 spiro atoms. The average Bonchev–Trinajstić information content (AvgIpc) is 2.52. The summed E-state index contributed by atoms with van der Waals surface area (Å²) >= 11 is 0. The van der Waals surface area contributed by atoms with Gasteiger partial charge in [0.1, 0.15) is 0 Å². The molecule has 1 unspecified atom stereocenters. The van der Waals surface area contributed by atoms with Crippen LogP contribution in [0.1, 0.15) is 31.7 Å².